The van der Waals surface area contributed by atoms with Crippen LogP contribution in [-0.4, -0.2) is 18.4 Å². The second-order valence-corrected chi connectivity index (χ2v) is 6.54. The van der Waals surface area contributed by atoms with Crippen LogP contribution in [-0.2, 0) is 17.6 Å². The summed E-state index contributed by atoms with van der Waals surface area (Å²) >= 11 is 1.62. The molecule has 0 unspecified atom stereocenters. The molecule has 0 radical (unpaired) electrons. The molecule has 4 nitrogen and oxygen atoms in total. The molecule has 20 heavy (non-hydrogen) atoms. The lowest BCUT2D eigenvalue weighted by atomic mass is 9.87. The van der Waals surface area contributed by atoms with Crippen LogP contribution < -0.4 is 11.1 Å². The highest BCUT2D eigenvalue weighted by molar-refractivity contribution is 7.14. The maximum atomic E-state index is 12.0. The van der Waals surface area contributed by atoms with E-state index in [-0.39, 0.29) is 11.8 Å². The number of hydrogen-bond donors (Lipinski definition) is 2. The fraction of sp³-hybridized carbons (Fsp3) is 0.600. The summed E-state index contributed by atoms with van der Waals surface area (Å²) in [6, 6.07) is 2.05. The van der Waals surface area contributed by atoms with E-state index in [1.807, 2.05) is 6.07 Å². The van der Waals surface area contributed by atoms with E-state index in [2.05, 4.69) is 12.2 Å². The molecule has 0 aromatic carbocycles. The van der Waals surface area contributed by atoms with Crippen LogP contribution in [0.4, 0.5) is 0 Å². The van der Waals surface area contributed by atoms with Crippen molar-refractivity contribution < 1.29 is 9.59 Å². The molecule has 0 aliphatic heterocycles. The first kappa shape index (κ1) is 15.0. The molecular formula is C15H22N2O2S. The maximum Gasteiger partial charge on any atom is 0.261 e. The van der Waals surface area contributed by atoms with Crippen molar-refractivity contribution in [1.82, 2.24) is 5.32 Å². The molecule has 0 fully saturated rings. The van der Waals surface area contributed by atoms with Gasteiger partial charge in [0.05, 0.1) is 4.88 Å². The number of nitrogens with one attached hydrogen (secondary N) is 1. The molecule has 1 aliphatic rings. The van der Waals surface area contributed by atoms with Gasteiger partial charge in [-0.15, -0.1) is 11.3 Å². The first-order chi connectivity index (χ1) is 9.60. The van der Waals surface area contributed by atoms with Gasteiger partial charge in [-0.05, 0) is 43.2 Å². The van der Waals surface area contributed by atoms with E-state index >= 15 is 0 Å². The van der Waals surface area contributed by atoms with Crippen molar-refractivity contribution in [2.24, 2.45) is 11.7 Å². The van der Waals surface area contributed by atoms with Crippen LogP contribution in [0.1, 0.15) is 52.7 Å². The smallest absolute Gasteiger partial charge is 0.261 e. The Morgan fingerprint density at radius 1 is 1.50 bits per heavy atom. The number of amides is 2. The first-order valence-electron chi connectivity index (χ1n) is 7.28. The van der Waals surface area contributed by atoms with Gasteiger partial charge in [-0.2, -0.15) is 0 Å². The van der Waals surface area contributed by atoms with Crippen LogP contribution in [0.5, 0.6) is 0 Å². The topological polar surface area (TPSA) is 72.2 Å². The fourth-order valence-corrected chi connectivity index (χ4v) is 3.74. The molecule has 3 N–H and O–H groups in total. The Bertz CT molecular complexity index is 496. The lowest BCUT2D eigenvalue weighted by Gasteiger charge is -2.19. The molecule has 1 aliphatic carbocycles. The third-order valence-electron chi connectivity index (χ3n) is 3.87. The van der Waals surface area contributed by atoms with Gasteiger partial charge in [0, 0.05) is 17.8 Å². The number of hydrogen-bond acceptors (Lipinski definition) is 3. The van der Waals surface area contributed by atoms with E-state index < -0.39 is 0 Å². The third-order valence-corrected chi connectivity index (χ3v) is 5.11. The van der Waals surface area contributed by atoms with Gasteiger partial charge in [0.1, 0.15) is 0 Å². The zero-order valence-corrected chi connectivity index (χ0v) is 12.7. The summed E-state index contributed by atoms with van der Waals surface area (Å²) < 4.78 is 0. The highest BCUT2D eigenvalue weighted by Gasteiger charge is 2.21. The van der Waals surface area contributed by atoms with Crippen LogP contribution in [0, 0.1) is 5.92 Å². The van der Waals surface area contributed by atoms with Gasteiger partial charge < -0.3 is 11.1 Å². The van der Waals surface area contributed by atoms with Crippen LogP contribution in [0.3, 0.4) is 0 Å². The van der Waals surface area contributed by atoms with Gasteiger partial charge in [-0.3, -0.25) is 9.59 Å². The lowest BCUT2D eigenvalue weighted by Crippen LogP contribution is -2.24. The molecule has 5 heteroatoms. The molecule has 0 spiro atoms. The maximum absolute atomic E-state index is 12.0. The molecule has 1 aromatic rings. The monoisotopic (exact) mass is 294 g/mol. The molecular weight excluding hydrogens is 272 g/mol. The summed E-state index contributed by atoms with van der Waals surface area (Å²) in [6.45, 7) is 2.73. The number of thiophene rings is 1. The number of nitrogens with two attached hydrogens (primary N) is 1. The molecule has 1 atom stereocenters. The van der Waals surface area contributed by atoms with Gasteiger partial charge in [0.15, 0.2) is 0 Å². The Balaban J connectivity index is 1.88. The highest BCUT2D eigenvalue weighted by Crippen LogP contribution is 2.33. The van der Waals surface area contributed by atoms with Crippen molar-refractivity contribution in [3.05, 3.63) is 21.4 Å². The Morgan fingerprint density at radius 2 is 2.30 bits per heavy atom. The minimum atomic E-state index is -0.323. The predicted octanol–water partition coefficient (Wildman–Crippen LogP) is 2.26. The Kier molecular flexibility index (Phi) is 5.17. The normalized spacial score (nSPS) is 17.6. The molecule has 1 heterocycles. The average molecular weight is 294 g/mol. The molecule has 110 valence electrons. The van der Waals surface area contributed by atoms with Crippen molar-refractivity contribution in [1.29, 1.82) is 0 Å². The van der Waals surface area contributed by atoms with Gasteiger partial charge in [0.2, 0.25) is 5.91 Å². The quantitative estimate of drug-likeness (QED) is 0.790. The van der Waals surface area contributed by atoms with Gasteiger partial charge in [-0.25, -0.2) is 0 Å². The standard InChI is InChI=1S/C15H22N2O2S/c1-2-10-5-6-12-11(8-10)9-13(20-12)15(19)17-7-3-4-14(16)18/h9-10H,2-8H2,1H3,(H2,16,18)(H,17,19)/t10-/m0/s1. The van der Waals surface area contributed by atoms with E-state index in [1.54, 1.807) is 11.3 Å². The fourth-order valence-electron chi connectivity index (χ4n) is 2.61. The third kappa shape index (κ3) is 3.82. The lowest BCUT2D eigenvalue weighted by molar-refractivity contribution is -0.118. The summed E-state index contributed by atoms with van der Waals surface area (Å²) in [5.41, 5.74) is 6.42. The Morgan fingerprint density at radius 3 is 3.00 bits per heavy atom. The molecule has 2 rings (SSSR count). The average Bonchev–Trinajstić information content (AvgIpc) is 2.85. The summed E-state index contributed by atoms with van der Waals surface area (Å²) in [5.74, 6) is 0.418. The van der Waals surface area contributed by atoms with E-state index in [0.29, 0.717) is 19.4 Å². The Hall–Kier alpha value is -1.36. The van der Waals surface area contributed by atoms with Crippen molar-refractivity contribution in [2.75, 3.05) is 6.54 Å². The van der Waals surface area contributed by atoms with Crippen molar-refractivity contribution in [3.63, 3.8) is 0 Å². The SMILES string of the molecule is CC[C@H]1CCc2sc(C(=O)NCCCC(N)=O)cc2C1. The second kappa shape index (κ2) is 6.88. The number of carbonyl (C=O) groups is 2. The zero-order chi connectivity index (χ0) is 14.5. The number of aryl methyl sites for hydroxylation is 1. The number of carbonyl (C=O) groups excluding carboxylic acids is 2. The van der Waals surface area contributed by atoms with Gasteiger partial charge in [-0.1, -0.05) is 13.3 Å². The summed E-state index contributed by atoms with van der Waals surface area (Å²) in [4.78, 5) is 24.8. The summed E-state index contributed by atoms with van der Waals surface area (Å²) in [7, 11) is 0. The van der Waals surface area contributed by atoms with Crippen molar-refractivity contribution in [3.8, 4) is 0 Å². The number of rotatable bonds is 6. The minimum absolute atomic E-state index is 0.0260. The second-order valence-electron chi connectivity index (χ2n) is 5.40. The molecule has 2 amide bonds. The van der Waals surface area contributed by atoms with E-state index in [9.17, 15) is 9.59 Å². The predicted molar refractivity (Wildman–Crippen MR) is 80.9 cm³/mol. The molecule has 0 saturated carbocycles. The van der Waals surface area contributed by atoms with E-state index in [1.165, 1.54) is 23.3 Å². The van der Waals surface area contributed by atoms with Crippen molar-refractivity contribution >= 4 is 23.2 Å². The summed E-state index contributed by atoms with van der Waals surface area (Å²) in [6.07, 6.45) is 5.59. The summed E-state index contributed by atoms with van der Waals surface area (Å²) in [5, 5.41) is 2.85. The van der Waals surface area contributed by atoms with E-state index in [0.717, 1.165) is 23.6 Å². The van der Waals surface area contributed by atoms with Crippen LogP contribution in [0.2, 0.25) is 0 Å². The molecule has 0 bridgehead atoms. The largest absolute Gasteiger partial charge is 0.370 e. The zero-order valence-electron chi connectivity index (χ0n) is 11.9. The minimum Gasteiger partial charge on any atom is -0.370 e. The molecule has 0 saturated heterocycles. The highest BCUT2D eigenvalue weighted by atomic mass is 32.1. The molecule has 1 aromatic heterocycles. The first-order valence-corrected chi connectivity index (χ1v) is 8.10. The van der Waals surface area contributed by atoms with Crippen molar-refractivity contribution in [2.45, 2.75) is 45.4 Å². The van der Waals surface area contributed by atoms with Crippen LogP contribution >= 0.6 is 11.3 Å². The van der Waals surface area contributed by atoms with Crippen LogP contribution in [0.25, 0.3) is 0 Å². The number of primary amides is 1. The van der Waals surface area contributed by atoms with Crippen LogP contribution in [0.15, 0.2) is 6.07 Å². The number of fused-ring (bicyclic) bond motifs is 1. The van der Waals surface area contributed by atoms with E-state index in [4.69, 9.17) is 5.73 Å². The van der Waals surface area contributed by atoms with Gasteiger partial charge in [0.25, 0.3) is 5.91 Å². The van der Waals surface area contributed by atoms with Gasteiger partial charge >= 0.3 is 0 Å². The Labute approximate surface area is 123 Å².